The Morgan fingerprint density at radius 1 is 1.20 bits per heavy atom. The van der Waals surface area contributed by atoms with Gasteiger partial charge in [-0.2, -0.15) is 0 Å². The van der Waals surface area contributed by atoms with Gasteiger partial charge < -0.3 is 10.6 Å². The highest BCUT2D eigenvalue weighted by atomic mass is 16.1. The number of nitrogens with zero attached hydrogens (tertiary/aromatic N) is 4. The normalized spacial score (nSPS) is 10.1. The molecule has 0 radical (unpaired) electrons. The Balaban J connectivity index is 1.97. The zero-order chi connectivity index (χ0) is 14.4. The van der Waals surface area contributed by atoms with Gasteiger partial charge in [-0.25, -0.2) is 4.98 Å². The van der Waals surface area contributed by atoms with Crippen LogP contribution in [-0.2, 0) is 6.54 Å². The van der Waals surface area contributed by atoms with Crippen LogP contribution in [0.15, 0.2) is 24.8 Å². The molecule has 2 aromatic heterocycles. The second kappa shape index (κ2) is 6.55. The molecule has 2 rings (SSSR count). The third-order valence-corrected chi connectivity index (χ3v) is 2.49. The van der Waals surface area contributed by atoms with Gasteiger partial charge >= 0.3 is 0 Å². The van der Waals surface area contributed by atoms with E-state index in [2.05, 4.69) is 30.6 Å². The smallest absolute Gasteiger partial charge is 0.271 e. The maximum Gasteiger partial charge on any atom is 0.271 e. The SMILES string of the molecule is CCNc1cncc(C(=O)NCc2cnc(C)cn2)n1. The lowest BCUT2D eigenvalue weighted by Crippen LogP contribution is -2.24. The van der Waals surface area contributed by atoms with Crippen molar-refractivity contribution >= 4 is 11.7 Å². The summed E-state index contributed by atoms with van der Waals surface area (Å²) < 4.78 is 0. The summed E-state index contributed by atoms with van der Waals surface area (Å²) in [4.78, 5) is 28.4. The van der Waals surface area contributed by atoms with Crippen LogP contribution >= 0.6 is 0 Å². The number of aromatic nitrogens is 4. The Bertz CT molecular complexity index is 584. The zero-order valence-corrected chi connectivity index (χ0v) is 11.4. The molecule has 0 aliphatic heterocycles. The van der Waals surface area contributed by atoms with E-state index in [1.807, 2.05) is 13.8 Å². The van der Waals surface area contributed by atoms with Crippen LogP contribution in [0.5, 0.6) is 0 Å². The van der Waals surface area contributed by atoms with Gasteiger partial charge in [-0.1, -0.05) is 0 Å². The van der Waals surface area contributed by atoms with Crippen molar-refractivity contribution in [3.05, 3.63) is 41.9 Å². The summed E-state index contributed by atoms with van der Waals surface area (Å²) in [7, 11) is 0. The molecular formula is C13H16N6O. The summed E-state index contributed by atoms with van der Waals surface area (Å²) in [6.45, 7) is 4.83. The Kier molecular flexibility index (Phi) is 4.54. The summed E-state index contributed by atoms with van der Waals surface area (Å²) >= 11 is 0. The Hall–Kier alpha value is -2.57. The number of hydrogen-bond donors (Lipinski definition) is 2. The average molecular weight is 272 g/mol. The van der Waals surface area contributed by atoms with Crippen molar-refractivity contribution in [3.8, 4) is 0 Å². The lowest BCUT2D eigenvalue weighted by Gasteiger charge is -2.06. The van der Waals surface area contributed by atoms with E-state index in [0.717, 1.165) is 12.2 Å². The van der Waals surface area contributed by atoms with E-state index in [1.165, 1.54) is 6.20 Å². The fraction of sp³-hybridized carbons (Fsp3) is 0.308. The first kappa shape index (κ1) is 13.9. The van der Waals surface area contributed by atoms with Gasteiger partial charge in [0.1, 0.15) is 11.5 Å². The van der Waals surface area contributed by atoms with E-state index in [0.29, 0.717) is 18.1 Å². The van der Waals surface area contributed by atoms with Crippen molar-refractivity contribution in [2.24, 2.45) is 0 Å². The lowest BCUT2D eigenvalue weighted by molar-refractivity contribution is 0.0945. The predicted molar refractivity (Wildman–Crippen MR) is 74.1 cm³/mol. The topological polar surface area (TPSA) is 92.7 Å². The molecule has 0 bridgehead atoms. The van der Waals surface area contributed by atoms with E-state index in [4.69, 9.17) is 0 Å². The van der Waals surface area contributed by atoms with Crippen LogP contribution in [-0.4, -0.2) is 32.4 Å². The molecular weight excluding hydrogens is 256 g/mol. The quantitative estimate of drug-likeness (QED) is 0.841. The Morgan fingerprint density at radius 3 is 2.75 bits per heavy atom. The number of hydrogen-bond acceptors (Lipinski definition) is 6. The van der Waals surface area contributed by atoms with Gasteiger partial charge in [-0.05, 0) is 13.8 Å². The number of carbonyl (C=O) groups is 1. The van der Waals surface area contributed by atoms with Gasteiger partial charge in [0.05, 0.1) is 36.5 Å². The molecule has 0 saturated carbocycles. The summed E-state index contributed by atoms with van der Waals surface area (Å²) in [6.07, 6.45) is 6.30. The summed E-state index contributed by atoms with van der Waals surface area (Å²) in [5.41, 5.74) is 1.80. The molecule has 0 aliphatic carbocycles. The number of anilines is 1. The van der Waals surface area contributed by atoms with Crippen LogP contribution in [0.1, 0.15) is 28.8 Å². The monoisotopic (exact) mass is 272 g/mol. The number of carbonyl (C=O) groups excluding carboxylic acids is 1. The fourth-order valence-electron chi connectivity index (χ4n) is 1.51. The van der Waals surface area contributed by atoms with Gasteiger partial charge in [0.15, 0.2) is 0 Å². The zero-order valence-electron chi connectivity index (χ0n) is 11.4. The van der Waals surface area contributed by atoms with Crippen molar-refractivity contribution in [3.63, 3.8) is 0 Å². The number of rotatable bonds is 5. The van der Waals surface area contributed by atoms with Crippen LogP contribution in [0.2, 0.25) is 0 Å². The number of nitrogens with one attached hydrogen (secondary N) is 2. The maximum atomic E-state index is 12.0. The highest BCUT2D eigenvalue weighted by Crippen LogP contribution is 2.02. The highest BCUT2D eigenvalue weighted by molar-refractivity contribution is 5.92. The second-order valence-electron chi connectivity index (χ2n) is 4.15. The predicted octanol–water partition coefficient (Wildman–Crippen LogP) is 0.937. The molecule has 0 spiro atoms. The Morgan fingerprint density at radius 2 is 2.05 bits per heavy atom. The van der Waals surface area contributed by atoms with Crippen LogP contribution in [0, 0.1) is 6.92 Å². The summed E-state index contributed by atoms with van der Waals surface area (Å²) in [5.74, 6) is 0.287. The molecule has 0 unspecified atom stereocenters. The van der Waals surface area contributed by atoms with Gasteiger partial charge in [0.2, 0.25) is 0 Å². The van der Waals surface area contributed by atoms with E-state index < -0.39 is 0 Å². The number of amides is 1. The first-order valence-electron chi connectivity index (χ1n) is 6.30. The van der Waals surface area contributed by atoms with Crippen molar-refractivity contribution in [2.45, 2.75) is 20.4 Å². The maximum absolute atomic E-state index is 12.0. The van der Waals surface area contributed by atoms with Gasteiger partial charge in [-0.15, -0.1) is 0 Å². The summed E-state index contributed by atoms with van der Waals surface area (Å²) in [5, 5.41) is 5.74. The standard InChI is InChI=1S/C13H16N6O/c1-3-15-12-8-14-7-11(19-12)13(20)18-6-10-5-16-9(2)4-17-10/h4-5,7-8H,3,6H2,1-2H3,(H,15,19)(H,18,20). The van der Waals surface area contributed by atoms with Crippen molar-refractivity contribution in [1.29, 1.82) is 0 Å². The van der Waals surface area contributed by atoms with E-state index in [1.54, 1.807) is 18.6 Å². The number of aryl methyl sites for hydroxylation is 1. The van der Waals surface area contributed by atoms with Gasteiger partial charge in [0, 0.05) is 12.7 Å². The van der Waals surface area contributed by atoms with Crippen LogP contribution in [0.3, 0.4) is 0 Å². The lowest BCUT2D eigenvalue weighted by atomic mass is 10.3. The first-order valence-corrected chi connectivity index (χ1v) is 6.30. The third kappa shape index (κ3) is 3.71. The highest BCUT2D eigenvalue weighted by Gasteiger charge is 2.08. The van der Waals surface area contributed by atoms with E-state index >= 15 is 0 Å². The molecule has 2 aromatic rings. The fourth-order valence-corrected chi connectivity index (χ4v) is 1.51. The van der Waals surface area contributed by atoms with Gasteiger partial charge in [-0.3, -0.25) is 19.7 Å². The molecule has 1 amide bonds. The Labute approximate surface area is 116 Å². The molecule has 7 heteroatoms. The molecule has 7 nitrogen and oxygen atoms in total. The minimum atomic E-state index is -0.292. The van der Waals surface area contributed by atoms with Crippen molar-refractivity contribution in [2.75, 3.05) is 11.9 Å². The van der Waals surface area contributed by atoms with Gasteiger partial charge in [0.25, 0.3) is 5.91 Å². The average Bonchev–Trinajstić information content (AvgIpc) is 2.47. The van der Waals surface area contributed by atoms with E-state index in [9.17, 15) is 4.79 Å². The molecule has 0 saturated heterocycles. The van der Waals surface area contributed by atoms with Crippen molar-refractivity contribution in [1.82, 2.24) is 25.3 Å². The summed E-state index contributed by atoms with van der Waals surface area (Å²) in [6, 6.07) is 0. The van der Waals surface area contributed by atoms with Crippen LogP contribution < -0.4 is 10.6 Å². The first-order chi connectivity index (χ1) is 9.69. The van der Waals surface area contributed by atoms with Crippen LogP contribution in [0.25, 0.3) is 0 Å². The largest absolute Gasteiger partial charge is 0.369 e. The third-order valence-electron chi connectivity index (χ3n) is 2.49. The molecule has 0 aliphatic rings. The minimum Gasteiger partial charge on any atom is -0.369 e. The molecule has 0 fully saturated rings. The molecule has 20 heavy (non-hydrogen) atoms. The minimum absolute atomic E-state index is 0.267. The molecule has 2 N–H and O–H groups in total. The van der Waals surface area contributed by atoms with E-state index in [-0.39, 0.29) is 11.6 Å². The molecule has 0 aromatic carbocycles. The van der Waals surface area contributed by atoms with Crippen molar-refractivity contribution < 1.29 is 4.79 Å². The molecule has 2 heterocycles. The molecule has 0 atom stereocenters. The second-order valence-corrected chi connectivity index (χ2v) is 4.15. The van der Waals surface area contributed by atoms with Crippen LogP contribution in [0.4, 0.5) is 5.82 Å². The molecule has 104 valence electrons.